The van der Waals surface area contributed by atoms with Crippen molar-refractivity contribution >= 4 is 39.1 Å². The van der Waals surface area contributed by atoms with Gasteiger partial charge < -0.3 is 10.1 Å². The number of hydrogen-bond acceptors (Lipinski definition) is 3. The van der Waals surface area contributed by atoms with Crippen molar-refractivity contribution in [3.05, 3.63) is 33.3 Å². The Labute approximate surface area is 118 Å². The van der Waals surface area contributed by atoms with E-state index < -0.39 is 0 Å². The topological polar surface area (TPSA) is 52.9 Å². The first-order chi connectivity index (χ1) is 8.63. The maximum absolute atomic E-state index is 12.3. The van der Waals surface area contributed by atoms with Crippen molar-refractivity contribution in [3.8, 4) is 0 Å². The molecule has 1 aromatic carbocycles. The fraction of sp³-hybridized carbons (Fsp3) is 0.333. The first-order valence-electron chi connectivity index (χ1n) is 5.56. The van der Waals surface area contributed by atoms with Crippen molar-refractivity contribution in [1.29, 1.82) is 0 Å². The van der Waals surface area contributed by atoms with E-state index in [1.165, 1.54) is 0 Å². The van der Waals surface area contributed by atoms with Gasteiger partial charge in [0, 0.05) is 30.4 Å². The van der Waals surface area contributed by atoms with E-state index in [2.05, 4.69) is 21.1 Å². The van der Waals surface area contributed by atoms with Crippen LogP contribution >= 0.6 is 27.5 Å². The predicted molar refractivity (Wildman–Crippen MR) is 73.5 cm³/mol. The van der Waals surface area contributed by atoms with Crippen LogP contribution in [-0.2, 0) is 0 Å². The van der Waals surface area contributed by atoms with Crippen LogP contribution in [0.1, 0.15) is 23.2 Å². The third-order valence-corrected chi connectivity index (χ3v) is 4.25. The number of piperidine rings is 1. The Morgan fingerprint density at radius 2 is 2.06 bits per heavy atom. The van der Waals surface area contributed by atoms with Gasteiger partial charge in [-0.25, -0.2) is 0 Å². The van der Waals surface area contributed by atoms with E-state index in [1.807, 2.05) is 0 Å². The molecule has 0 saturated carbocycles. The molecule has 6 heteroatoms. The zero-order valence-electron chi connectivity index (χ0n) is 9.57. The molecular weight excluding hydrogens is 320 g/mol. The summed E-state index contributed by atoms with van der Waals surface area (Å²) in [6.07, 6.45) is 1.21. The van der Waals surface area contributed by atoms with Crippen LogP contribution in [0.15, 0.2) is 27.8 Å². The molecule has 1 fully saturated rings. The number of benzene rings is 1. The molecule has 0 radical (unpaired) electrons. The van der Waals surface area contributed by atoms with Gasteiger partial charge in [-0.3, -0.25) is 4.79 Å². The van der Waals surface area contributed by atoms with Gasteiger partial charge in [0.05, 0.1) is 16.3 Å². The minimum absolute atomic E-state index is 0.0849. The molecule has 0 aliphatic carbocycles. The molecule has 1 N–H and O–H groups in total. The Kier molecular flexibility index (Phi) is 4.24. The number of carbonyl (C=O) groups excluding carboxylic acids is 1. The smallest absolute Gasteiger partial charge is 0.255 e. The summed E-state index contributed by atoms with van der Waals surface area (Å²) in [5.74, 6) is -0.0849. The molecule has 0 aromatic heterocycles. The molecule has 0 unspecified atom stereocenters. The van der Waals surface area contributed by atoms with Crippen molar-refractivity contribution in [2.24, 2.45) is 5.16 Å². The average molecular weight is 332 g/mol. The molecular formula is C12H12BrClN2O2. The lowest BCUT2D eigenvalue weighted by molar-refractivity contribution is 0.0754. The maximum atomic E-state index is 12.3. The van der Waals surface area contributed by atoms with Crippen LogP contribution in [0, 0.1) is 0 Å². The highest BCUT2D eigenvalue weighted by Gasteiger charge is 2.23. The van der Waals surface area contributed by atoms with Gasteiger partial charge in [0.2, 0.25) is 0 Å². The molecule has 1 aliphatic heterocycles. The highest BCUT2D eigenvalue weighted by molar-refractivity contribution is 9.10. The Balaban J connectivity index is 2.15. The quantitative estimate of drug-likeness (QED) is 0.635. The molecule has 0 atom stereocenters. The molecule has 4 nitrogen and oxygen atoms in total. The second-order valence-corrected chi connectivity index (χ2v) is 5.29. The van der Waals surface area contributed by atoms with E-state index >= 15 is 0 Å². The minimum Gasteiger partial charge on any atom is -0.411 e. The van der Waals surface area contributed by atoms with Crippen molar-refractivity contribution in [2.75, 3.05) is 13.1 Å². The number of carbonyl (C=O) groups is 1. The van der Waals surface area contributed by atoms with Crippen LogP contribution in [0.4, 0.5) is 0 Å². The normalized spacial score (nSPS) is 15.7. The van der Waals surface area contributed by atoms with Gasteiger partial charge in [-0.1, -0.05) is 22.8 Å². The van der Waals surface area contributed by atoms with Gasteiger partial charge in [0.15, 0.2) is 0 Å². The summed E-state index contributed by atoms with van der Waals surface area (Å²) >= 11 is 9.41. The highest BCUT2D eigenvalue weighted by atomic mass is 79.9. The number of oxime groups is 1. The van der Waals surface area contributed by atoms with Crippen molar-refractivity contribution in [3.63, 3.8) is 0 Å². The van der Waals surface area contributed by atoms with Crippen molar-refractivity contribution in [1.82, 2.24) is 4.90 Å². The molecule has 1 amide bonds. The minimum atomic E-state index is -0.0849. The molecule has 0 bridgehead atoms. The van der Waals surface area contributed by atoms with Gasteiger partial charge >= 0.3 is 0 Å². The number of amides is 1. The van der Waals surface area contributed by atoms with Gasteiger partial charge in [-0.15, -0.1) is 0 Å². The standard InChI is InChI=1S/C12H12BrClN2O2/c13-10-3-1-2-9(11(10)14)12(17)16-6-4-8(15-18)5-7-16/h1-3,18H,4-7H2. The van der Waals surface area contributed by atoms with E-state index in [1.54, 1.807) is 23.1 Å². The molecule has 2 rings (SSSR count). The van der Waals surface area contributed by atoms with Crippen LogP contribution < -0.4 is 0 Å². The fourth-order valence-corrected chi connectivity index (χ4v) is 2.48. The SMILES string of the molecule is O=C(c1cccc(Br)c1Cl)N1CCC(=NO)CC1. The first-order valence-corrected chi connectivity index (χ1v) is 6.73. The summed E-state index contributed by atoms with van der Waals surface area (Å²) in [4.78, 5) is 14.0. The van der Waals surface area contributed by atoms with Gasteiger partial charge in [0.25, 0.3) is 5.91 Å². The third kappa shape index (κ3) is 2.67. The van der Waals surface area contributed by atoms with Crippen molar-refractivity contribution in [2.45, 2.75) is 12.8 Å². The van der Waals surface area contributed by atoms with Crippen molar-refractivity contribution < 1.29 is 10.0 Å². The Hall–Kier alpha value is -1.07. The second-order valence-electron chi connectivity index (χ2n) is 4.06. The predicted octanol–water partition coefficient (Wildman–Crippen LogP) is 3.17. The largest absolute Gasteiger partial charge is 0.411 e. The Bertz CT molecular complexity index is 495. The maximum Gasteiger partial charge on any atom is 0.255 e. The zero-order chi connectivity index (χ0) is 13.1. The number of hydrogen-bond donors (Lipinski definition) is 1. The number of nitrogens with zero attached hydrogens (tertiary/aromatic N) is 2. The van der Waals surface area contributed by atoms with Gasteiger partial charge in [-0.05, 0) is 28.1 Å². The van der Waals surface area contributed by atoms with Crippen LogP contribution in [0.2, 0.25) is 5.02 Å². The van der Waals surface area contributed by atoms with E-state index in [0.29, 0.717) is 41.0 Å². The molecule has 1 heterocycles. The summed E-state index contributed by atoms with van der Waals surface area (Å²) < 4.78 is 0.713. The lowest BCUT2D eigenvalue weighted by atomic mass is 10.1. The summed E-state index contributed by atoms with van der Waals surface area (Å²) in [5, 5.41) is 12.3. The fourth-order valence-electron chi connectivity index (χ4n) is 1.91. The van der Waals surface area contributed by atoms with Crippen LogP contribution in [0.25, 0.3) is 0 Å². The average Bonchev–Trinajstić information content (AvgIpc) is 2.41. The summed E-state index contributed by atoms with van der Waals surface area (Å²) in [6, 6.07) is 5.30. The summed E-state index contributed by atoms with van der Waals surface area (Å²) in [5.41, 5.74) is 1.23. The Morgan fingerprint density at radius 3 is 2.67 bits per heavy atom. The molecule has 18 heavy (non-hydrogen) atoms. The molecule has 1 aromatic rings. The lowest BCUT2D eigenvalue weighted by Gasteiger charge is -2.27. The summed E-state index contributed by atoms with van der Waals surface area (Å²) in [7, 11) is 0. The monoisotopic (exact) mass is 330 g/mol. The van der Waals surface area contributed by atoms with E-state index in [4.69, 9.17) is 16.8 Å². The number of rotatable bonds is 1. The summed E-state index contributed by atoms with van der Waals surface area (Å²) in [6.45, 7) is 1.11. The zero-order valence-corrected chi connectivity index (χ0v) is 11.9. The van der Waals surface area contributed by atoms with Gasteiger partial charge in [-0.2, -0.15) is 0 Å². The number of likely N-dealkylation sites (tertiary alicyclic amines) is 1. The van der Waals surface area contributed by atoms with E-state index in [-0.39, 0.29) is 5.91 Å². The Morgan fingerprint density at radius 1 is 1.39 bits per heavy atom. The molecule has 0 spiro atoms. The van der Waals surface area contributed by atoms with Crippen LogP contribution in [0.5, 0.6) is 0 Å². The highest BCUT2D eigenvalue weighted by Crippen LogP contribution is 2.27. The van der Waals surface area contributed by atoms with Crippen LogP contribution in [0.3, 0.4) is 0 Å². The number of halogens is 2. The molecule has 1 aliphatic rings. The lowest BCUT2D eigenvalue weighted by Crippen LogP contribution is -2.38. The molecule has 1 saturated heterocycles. The molecule has 96 valence electrons. The van der Waals surface area contributed by atoms with E-state index in [0.717, 1.165) is 5.71 Å². The van der Waals surface area contributed by atoms with E-state index in [9.17, 15) is 4.79 Å². The third-order valence-electron chi connectivity index (χ3n) is 2.95. The second kappa shape index (κ2) is 5.71. The van der Waals surface area contributed by atoms with Crippen LogP contribution in [-0.4, -0.2) is 34.8 Å². The van der Waals surface area contributed by atoms with Gasteiger partial charge in [0.1, 0.15) is 0 Å². The first kappa shape index (κ1) is 13.4.